The van der Waals surface area contributed by atoms with Crippen molar-refractivity contribution >= 4 is 11.8 Å². The molecule has 0 aromatic carbocycles. The van der Waals surface area contributed by atoms with Crippen molar-refractivity contribution in [1.82, 2.24) is 21.3 Å². The van der Waals surface area contributed by atoms with E-state index in [1.165, 1.54) is 45.1 Å². The monoisotopic (exact) mass is 444 g/mol. The summed E-state index contributed by atoms with van der Waals surface area (Å²) >= 11 is 0. The van der Waals surface area contributed by atoms with E-state index in [4.69, 9.17) is 0 Å². The van der Waals surface area contributed by atoms with E-state index in [1.54, 1.807) is 0 Å². The molecular formula is C26H44N4O2. The van der Waals surface area contributed by atoms with Gasteiger partial charge >= 0.3 is 0 Å². The fourth-order valence-corrected chi connectivity index (χ4v) is 7.34. The van der Waals surface area contributed by atoms with Crippen LogP contribution in [-0.2, 0) is 9.59 Å². The van der Waals surface area contributed by atoms with Crippen molar-refractivity contribution in [1.29, 1.82) is 0 Å². The Kier molecular flexibility index (Phi) is 7.37. The molecule has 8 atom stereocenters. The molecule has 6 heteroatoms. The third kappa shape index (κ3) is 5.49. The number of carbonyl (C=O) groups is 2. The Bertz CT molecular complexity index is 664. The Labute approximate surface area is 193 Å². The van der Waals surface area contributed by atoms with Crippen LogP contribution in [0.5, 0.6) is 0 Å². The van der Waals surface area contributed by atoms with Crippen LogP contribution in [0, 0.1) is 41.4 Å². The zero-order chi connectivity index (χ0) is 21.9. The summed E-state index contributed by atoms with van der Waals surface area (Å²) in [6.07, 6.45) is 12.7. The van der Waals surface area contributed by atoms with Gasteiger partial charge in [0.2, 0.25) is 11.8 Å². The molecule has 2 amide bonds. The van der Waals surface area contributed by atoms with Crippen molar-refractivity contribution in [2.45, 2.75) is 76.7 Å². The highest BCUT2D eigenvalue weighted by Crippen LogP contribution is 2.50. The van der Waals surface area contributed by atoms with Gasteiger partial charge in [-0.1, -0.05) is 12.8 Å². The molecule has 0 bridgehead atoms. The molecule has 0 aromatic heterocycles. The number of nitrogens with one attached hydrogen (secondary N) is 4. The minimum atomic E-state index is 0.157. The number of amides is 2. The van der Waals surface area contributed by atoms with Crippen LogP contribution in [0.3, 0.4) is 0 Å². The van der Waals surface area contributed by atoms with Gasteiger partial charge in [-0.05, 0) is 114 Å². The van der Waals surface area contributed by atoms with E-state index in [0.717, 1.165) is 70.1 Å². The summed E-state index contributed by atoms with van der Waals surface area (Å²) < 4.78 is 0. The fraction of sp³-hybridized carbons (Fsp3) is 0.923. The van der Waals surface area contributed by atoms with Crippen molar-refractivity contribution in [3.8, 4) is 0 Å². The molecule has 0 aromatic rings. The van der Waals surface area contributed by atoms with E-state index >= 15 is 0 Å². The summed E-state index contributed by atoms with van der Waals surface area (Å²) in [5.41, 5.74) is 0. The maximum Gasteiger partial charge on any atom is 0.223 e. The lowest BCUT2D eigenvalue weighted by Crippen LogP contribution is -2.46. The molecule has 8 unspecified atom stereocenters. The van der Waals surface area contributed by atoms with Gasteiger partial charge in [-0.3, -0.25) is 9.59 Å². The predicted octanol–water partition coefficient (Wildman–Crippen LogP) is 2.44. The number of piperidine rings is 2. The van der Waals surface area contributed by atoms with Gasteiger partial charge in [-0.15, -0.1) is 0 Å². The van der Waals surface area contributed by atoms with Gasteiger partial charge in [-0.2, -0.15) is 0 Å². The Morgan fingerprint density at radius 3 is 2.53 bits per heavy atom. The van der Waals surface area contributed by atoms with Gasteiger partial charge in [0, 0.05) is 24.4 Å². The van der Waals surface area contributed by atoms with Crippen molar-refractivity contribution in [2.75, 3.05) is 32.7 Å². The van der Waals surface area contributed by atoms with Crippen LogP contribution in [0.1, 0.15) is 70.6 Å². The zero-order valence-electron chi connectivity index (χ0n) is 19.7. The third-order valence-corrected chi connectivity index (χ3v) is 9.42. The summed E-state index contributed by atoms with van der Waals surface area (Å²) in [6.45, 7) is 5.28. The summed E-state index contributed by atoms with van der Waals surface area (Å²) in [5.74, 6) is 4.23. The number of rotatable bonds is 6. The summed E-state index contributed by atoms with van der Waals surface area (Å²) in [4.78, 5) is 25.8. The number of carbonyl (C=O) groups excluding carboxylic acids is 2. The topological polar surface area (TPSA) is 82.3 Å². The second-order valence-corrected chi connectivity index (χ2v) is 11.6. The van der Waals surface area contributed by atoms with E-state index in [-0.39, 0.29) is 17.7 Å². The molecule has 3 saturated carbocycles. The van der Waals surface area contributed by atoms with Crippen LogP contribution < -0.4 is 21.3 Å². The molecule has 5 aliphatic rings. The molecule has 5 fully saturated rings. The average Bonchev–Trinajstić information content (AvgIpc) is 3.65. The second-order valence-electron chi connectivity index (χ2n) is 11.6. The van der Waals surface area contributed by atoms with Gasteiger partial charge in [-0.25, -0.2) is 0 Å². The summed E-state index contributed by atoms with van der Waals surface area (Å²) in [6, 6.07) is 0.391. The smallest absolute Gasteiger partial charge is 0.223 e. The molecule has 2 heterocycles. The van der Waals surface area contributed by atoms with Crippen LogP contribution in [0.25, 0.3) is 0 Å². The molecule has 180 valence electrons. The molecule has 3 aliphatic carbocycles. The minimum absolute atomic E-state index is 0.157. The van der Waals surface area contributed by atoms with E-state index in [1.807, 2.05) is 0 Å². The number of hydrogen-bond donors (Lipinski definition) is 4. The first kappa shape index (κ1) is 22.6. The molecule has 2 saturated heterocycles. The molecule has 6 nitrogen and oxygen atoms in total. The van der Waals surface area contributed by atoms with E-state index in [0.29, 0.717) is 29.7 Å². The van der Waals surface area contributed by atoms with Crippen molar-refractivity contribution in [3.05, 3.63) is 0 Å². The van der Waals surface area contributed by atoms with E-state index in [2.05, 4.69) is 21.3 Å². The van der Waals surface area contributed by atoms with Crippen LogP contribution in [-0.4, -0.2) is 50.6 Å². The predicted molar refractivity (Wildman–Crippen MR) is 126 cm³/mol. The highest BCUT2D eigenvalue weighted by molar-refractivity contribution is 5.82. The average molecular weight is 445 g/mol. The fourth-order valence-electron chi connectivity index (χ4n) is 7.34. The molecular weight excluding hydrogens is 400 g/mol. The lowest BCUT2D eigenvalue weighted by Gasteiger charge is -2.39. The Balaban J connectivity index is 1.04. The highest BCUT2D eigenvalue weighted by Gasteiger charge is 2.49. The molecule has 0 radical (unpaired) electrons. The largest absolute Gasteiger partial charge is 0.356 e. The SMILES string of the molecule is O=C(NCC1CCCNC1)C1CCCC(C2CC2C(=O)NC2CCC3CNCCC3C2)C1. The number of hydrogen-bond acceptors (Lipinski definition) is 4. The standard InChI is InChI=1S/C26H44N4O2/c31-25(29-15-17-3-2-9-27-14-17)20-5-1-4-19(11-20)23-13-24(23)26(32)30-22-7-6-21-16-28-10-8-18(21)12-22/h17-24,27-28H,1-16H2,(H,29,31)(H,30,32). The molecule has 5 rings (SSSR count). The van der Waals surface area contributed by atoms with Crippen molar-refractivity contribution in [3.63, 3.8) is 0 Å². The van der Waals surface area contributed by atoms with Crippen LogP contribution in [0.2, 0.25) is 0 Å². The molecule has 32 heavy (non-hydrogen) atoms. The van der Waals surface area contributed by atoms with Gasteiger partial charge in [0.05, 0.1) is 0 Å². The maximum absolute atomic E-state index is 13.0. The maximum atomic E-state index is 13.0. The normalized spacial score (nSPS) is 41.9. The quantitative estimate of drug-likeness (QED) is 0.507. The molecule has 2 aliphatic heterocycles. The molecule has 4 N–H and O–H groups in total. The highest BCUT2D eigenvalue weighted by atomic mass is 16.2. The van der Waals surface area contributed by atoms with E-state index < -0.39 is 0 Å². The first-order valence-electron chi connectivity index (χ1n) is 13.7. The summed E-state index contributed by atoms with van der Waals surface area (Å²) in [5, 5.41) is 13.6. The Hall–Kier alpha value is -1.14. The molecule has 0 spiro atoms. The first-order valence-corrected chi connectivity index (χ1v) is 13.7. The third-order valence-electron chi connectivity index (χ3n) is 9.42. The minimum Gasteiger partial charge on any atom is -0.356 e. The summed E-state index contributed by atoms with van der Waals surface area (Å²) in [7, 11) is 0. The number of fused-ring (bicyclic) bond motifs is 1. The van der Waals surface area contributed by atoms with Crippen LogP contribution >= 0.6 is 0 Å². The lowest BCUT2D eigenvalue weighted by atomic mass is 9.73. The Morgan fingerprint density at radius 2 is 1.66 bits per heavy atom. The first-order chi connectivity index (χ1) is 15.7. The van der Waals surface area contributed by atoms with Gasteiger partial charge in [0.15, 0.2) is 0 Å². The van der Waals surface area contributed by atoms with Gasteiger partial charge < -0.3 is 21.3 Å². The van der Waals surface area contributed by atoms with Crippen molar-refractivity contribution in [2.24, 2.45) is 41.4 Å². The lowest BCUT2D eigenvalue weighted by molar-refractivity contribution is -0.126. The van der Waals surface area contributed by atoms with Gasteiger partial charge in [0.1, 0.15) is 0 Å². The van der Waals surface area contributed by atoms with E-state index in [9.17, 15) is 9.59 Å². The van der Waals surface area contributed by atoms with Crippen molar-refractivity contribution < 1.29 is 9.59 Å². The Morgan fingerprint density at radius 1 is 0.750 bits per heavy atom. The van der Waals surface area contributed by atoms with Crippen LogP contribution in [0.4, 0.5) is 0 Å². The van der Waals surface area contributed by atoms with Gasteiger partial charge in [0.25, 0.3) is 0 Å². The van der Waals surface area contributed by atoms with Crippen LogP contribution in [0.15, 0.2) is 0 Å². The zero-order valence-corrected chi connectivity index (χ0v) is 19.7. The second kappa shape index (κ2) is 10.4.